The number of fused-ring (bicyclic) bond motifs is 1. The minimum absolute atomic E-state index is 0.102. The van der Waals surface area contributed by atoms with E-state index in [1.807, 2.05) is 54.1 Å². The summed E-state index contributed by atoms with van der Waals surface area (Å²) in [5, 5.41) is 8.61. The summed E-state index contributed by atoms with van der Waals surface area (Å²) in [4.78, 5) is 14.4. The second-order valence-electron chi connectivity index (χ2n) is 6.77. The molecule has 1 N–H and O–H groups in total. The number of nitrogens with zero attached hydrogens (tertiary/aromatic N) is 4. The number of nitrogens with one attached hydrogen (secondary N) is 1. The lowest BCUT2D eigenvalue weighted by Crippen LogP contribution is -2.36. The molecule has 1 unspecified atom stereocenters. The quantitative estimate of drug-likeness (QED) is 0.576. The molecule has 3 aromatic heterocycles. The molecule has 0 spiro atoms. The third kappa shape index (κ3) is 3.08. The molecule has 8 heteroatoms. The Balaban J connectivity index is 1.45. The van der Waals surface area contributed by atoms with Crippen molar-refractivity contribution in [1.82, 2.24) is 19.9 Å². The molecule has 0 amide bonds. The summed E-state index contributed by atoms with van der Waals surface area (Å²) < 4.78 is 13.0. The number of hydrogen-bond acceptors (Lipinski definition) is 7. The van der Waals surface area contributed by atoms with Crippen molar-refractivity contribution in [3.05, 3.63) is 72.1 Å². The third-order valence-electron chi connectivity index (χ3n) is 4.86. The Bertz CT molecular complexity index is 1210. The van der Waals surface area contributed by atoms with E-state index in [0.29, 0.717) is 24.0 Å². The maximum absolute atomic E-state index is 5.67. The molecular weight excluding hydrogens is 370 g/mol. The number of rotatable bonds is 4. The van der Waals surface area contributed by atoms with Crippen molar-refractivity contribution in [3.63, 3.8) is 0 Å². The molecule has 0 saturated heterocycles. The van der Waals surface area contributed by atoms with Gasteiger partial charge in [0.25, 0.3) is 0 Å². The van der Waals surface area contributed by atoms with Gasteiger partial charge in [-0.25, -0.2) is 9.97 Å². The summed E-state index contributed by atoms with van der Waals surface area (Å²) in [6, 6.07) is 11.6. The van der Waals surface area contributed by atoms with Gasteiger partial charge in [0, 0.05) is 17.1 Å². The van der Waals surface area contributed by atoms with Crippen LogP contribution < -0.4 is 10.1 Å². The highest BCUT2D eigenvalue weighted by Crippen LogP contribution is 2.28. The molecule has 1 aliphatic heterocycles. The molecule has 5 rings (SSSR count). The molecule has 4 aromatic rings. The van der Waals surface area contributed by atoms with E-state index in [1.54, 1.807) is 19.7 Å². The molecule has 8 nitrogen and oxygen atoms in total. The Kier molecular flexibility index (Phi) is 4.16. The van der Waals surface area contributed by atoms with Crippen LogP contribution in [0, 0.1) is 6.92 Å². The Morgan fingerprint density at radius 2 is 2.10 bits per heavy atom. The summed E-state index contributed by atoms with van der Waals surface area (Å²) >= 11 is 0. The minimum Gasteiger partial charge on any atom is -0.479 e. The minimum atomic E-state index is -0.102. The Morgan fingerprint density at radius 1 is 1.21 bits per heavy atom. The van der Waals surface area contributed by atoms with Gasteiger partial charge in [-0.1, -0.05) is 23.4 Å². The number of hydrogen-bond donors (Lipinski definition) is 1. The third-order valence-corrected chi connectivity index (χ3v) is 4.86. The van der Waals surface area contributed by atoms with Crippen LogP contribution in [0.5, 0.6) is 5.88 Å². The zero-order valence-corrected chi connectivity index (χ0v) is 16.0. The Morgan fingerprint density at radius 3 is 2.93 bits per heavy atom. The zero-order valence-electron chi connectivity index (χ0n) is 16.0. The first kappa shape index (κ1) is 17.3. The summed E-state index contributed by atoms with van der Waals surface area (Å²) in [7, 11) is 1.59. The van der Waals surface area contributed by atoms with Crippen LogP contribution in [0.15, 0.2) is 64.8 Å². The predicted octanol–water partition coefficient (Wildman–Crippen LogP) is 3.35. The van der Waals surface area contributed by atoms with Gasteiger partial charge in [-0.15, -0.1) is 0 Å². The van der Waals surface area contributed by atoms with E-state index in [9.17, 15) is 0 Å². The molecular formula is C21H19N5O3. The number of ether oxygens (including phenoxy) is 1. The number of pyridine rings is 1. The Hall–Kier alpha value is -3.81. The maximum Gasteiger partial charge on any atom is 0.238 e. The van der Waals surface area contributed by atoms with Crippen molar-refractivity contribution in [2.45, 2.75) is 13.0 Å². The molecule has 1 aliphatic rings. The van der Waals surface area contributed by atoms with Crippen LogP contribution in [-0.2, 0) is 4.84 Å². The first-order chi connectivity index (χ1) is 14.2. The zero-order chi connectivity index (χ0) is 19.8. The van der Waals surface area contributed by atoms with Crippen LogP contribution >= 0.6 is 0 Å². The normalized spacial score (nSPS) is 16.2. The molecule has 146 valence electrons. The number of aromatic nitrogens is 3. The molecule has 0 bridgehead atoms. The van der Waals surface area contributed by atoms with E-state index >= 15 is 0 Å². The SMILES string of the molecule is COc1nc(C2=NOCC(c3coc4ccccc34)N2)ccc1-n1cnc(C)c1. The van der Waals surface area contributed by atoms with E-state index in [2.05, 4.69) is 20.4 Å². The average molecular weight is 389 g/mol. The second-order valence-corrected chi connectivity index (χ2v) is 6.77. The number of para-hydroxylation sites is 1. The van der Waals surface area contributed by atoms with Gasteiger partial charge >= 0.3 is 0 Å². The van der Waals surface area contributed by atoms with Gasteiger partial charge in [0.2, 0.25) is 5.88 Å². The fourth-order valence-electron chi connectivity index (χ4n) is 3.43. The van der Waals surface area contributed by atoms with Gasteiger partial charge < -0.3 is 23.9 Å². The standard InChI is InChI=1S/C21H19N5O3/c1-13-9-26(12-22-13)18-8-7-16(24-21(18)27-2)20-23-17(11-29-25-20)15-10-28-19-6-4-3-5-14(15)19/h3-10,12,17H,11H2,1-2H3,(H,23,25). The van der Waals surface area contributed by atoms with E-state index < -0.39 is 0 Å². The predicted molar refractivity (Wildman–Crippen MR) is 107 cm³/mol. The molecule has 4 heterocycles. The number of aryl methyl sites for hydroxylation is 1. The highest BCUT2D eigenvalue weighted by molar-refractivity contribution is 5.98. The van der Waals surface area contributed by atoms with Crippen molar-refractivity contribution in [2.24, 2.45) is 5.16 Å². The highest BCUT2D eigenvalue weighted by Gasteiger charge is 2.25. The van der Waals surface area contributed by atoms with Gasteiger partial charge in [0.05, 0.1) is 31.4 Å². The molecule has 0 fully saturated rings. The topological polar surface area (TPSA) is 86.7 Å². The van der Waals surface area contributed by atoms with Crippen molar-refractivity contribution in [1.29, 1.82) is 0 Å². The monoisotopic (exact) mass is 389 g/mol. The van der Waals surface area contributed by atoms with Crippen LogP contribution in [0.4, 0.5) is 0 Å². The lowest BCUT2D eigenvalue weighted by molar-refractivity contribution is 0.109. The average Bonchev–Trinajstić information content (AvgIpc) is 3.39. The van der Waals surface area contributed by atoms with Crippen molar-refractivity contribution in [2.75, 3.05) is 13.7 Å². The first-order valence-electron chi connectivity index (χ1n) is 9.22. The number of amidine groups is 1. The van der Waals surface area contributed by atoms with Crippen molar-refractivity contribution in [3.8, 4) is 11.6 Å². The number of methoxy groups -OCH3 is 1. The molecule has 0 aliphatic carbocycles. The van der Waals surface area contributed by atoms with Gasteiger partial charge in [-0.2, -0.15) is 0 Å². The van der Waals surface area contributed by atoms with E-state index in [0.717, 1.165) is 27.9 Å². The molecule has 0 radical (unpaired) electrons. The fourth-order valence-corrected chi connectivity index (χ4v) is 3.43. The molecule has 0 saturated carbocycles. The largest absolute Gasteiger partial charge is 0.479 e. The maximum atomic E-state index is 5.67. The van der Waals surface area contributed by atoms with Crippen LogP contribution in [-0.4, -0.2) is 34.1 Å². The van der Waals surface area contributed by atoms with E-state index in [-0.39, 0.29) is 6.04 Å². The number of furan rings is 1. The van der Waals surface area contributed by atoms with Crippen LogP contribution in [0.1, 0.15) is 23.0 Å². The van der Waals surface area contributed by atoms with E-state index in [4.69, 9.17) is 14.0 Å². The fraction of sp³-hybridized carbons (Fsp3) is 0.190. The van der Waals surface area contributed by atoms with Crippen LogP contribution in [0.2, 0.25) is 0 Å². The summed E-state index contributed by atoms with van der Waals surface area (Å²) in [6.07, 6.45) is 5.40. The number of benzene rings is 1. The van der Waals surface area contributed by atoms with E-state index in [1.165, 1.54) is 0 Å². The van der Waals surface area contributed by atoms with Crippen molar-refractivity contribution < 1.29 is 14.0 Å². The van der Waals surface area contributed by atoms with Crippen molar-refractivity contribution >= 4 is 16.8 Å². The summed E-state index contributed by atoms with van der Waals surface area (Å²) in [5.41, 5.74) is 4.20. The van der Waals surface area contributed by atoms with Gasteiger partial charge in [-0.3, -0.25) is 0 Å². The first-order valence-corrected chi connectivity index (χ1v) is 9.22. The molecule has 1 atom stereocenters. The summed E-state index contributed by atoms with van der Waals surface area (Å²) in [6.45, 7) is 2.33. The van der Waals surface area contributed by atoms with Crippen LogP contribution in [0.25, 0.3) is 16.7 Å². The lowest BCUT2D eigenvalue weighted by atomic mass is 10.1. The van der Waals surface area contributed by atoms with Gasteiger partial charge in [0.1, 0.15) is 23.6 Å². The highest BCUT2D eigenvalue weighted by atomic mass is 16.6. The molecule has 1 aromatic carbocycles. The molecule has 29 heavy (non-hydrogen) atoms. The summed E-state index contributed by atoms with van der Waals surface area (Å²) in [5.74, 6) is 1.01. The lowest BCUT2D eigenvalue weighted by Gasteiger charge is -2.23. The number of oxime groups is 1. The second kappa shape index (κ2) is 6.97. The van der Waals surface area contributed by atoms with Gasteiger partial charge in [-0.05, 0) is 25.1 Å². The Labute approximate surface area is 166 Å². The van der Waals surface area contributed by atoms with Gasteiger partial charge in [0.15, 0.2) is 5.84 Å². The van der Waals surface area contributed by atoms with Crippen LogP contribution in [0.3, 0.4) is 0 Å². The smallest absolute Gasteiger partial charge is 0.238 e. The number of imidazole rings is 1.